The van der Waals surface area contributed by atoms with Crippen molar-refractivity contribution in [3.63, 3.8) is 0 Å². The van der Waals surface area contributed by atoms with Crippen LogP contribution in [0.1, 0.15) is 10.4 Å². The number of ether oxygens (including phenoxy) is 1. The van der Waals surface area contributed by atoms with Gasteiger partial charge in [-0.25, -0.2) is 12.7 Å². The summed E-state index contributed by atoms with van der Waals surface area (Å²) in [4.78, 5) is 12.4. The summed E-state index contributed by atoms with van der Waals surface area (Å²) in [6, 6.07) is 19.7. The van der Waals surface area contributed by atoms with Crippen LogP contribution in [0.4, 0.5) is 0 Å². The number of fused-ring (bicyclic) bond motifs is 1. The van der Waals surface area contributed by atoms with Crippen molar-refractivity contribution >= 4 is 26.7 Å². The fourth-order valence-corrected chi connectivity index (χ4v) is 3.71. The van der Waals surface area contributed by atoms with E-state index in [1.165, 1.54) is 26.2 Å². The number of benzene rings is 3. The second-order valence-corrected chi connectivity index (χ2v) is 8.55. The van der Waals surface area contributed by atoms with E-state index in [1.54, 1.807) is 12.1 Å². The van der Waals surface area contributed by atoms with E-state index in [2.05, 4.69) is 5.32 Å². The van der Waals surface area contributed by atoms with E-state index >= 15 is 0 Å². The maximum Gasteiger partial charge on any atom is 0.251 e. The van der Waals surface area contributed by atoms with Gasteiger partial charge in [0.15, 0.2) is 0 Å². The molecule has 0 bridgehead atoms. The molecule has 0 fully saturated rings. The van der Waals surface area contributed by atoms with Crippen LogP contribution >= 0.6 is 0 Å². The zero-order chi connectivity index (χ0) is 20.1. The van der Waals surface area contributed by atoms with Gasteiger partial charge in [0.05, 0.1) is 11.4 Å². The quantitative estimate of drug-likeness (QED) is 0.621. The predicted octanol–water partition coefficient (Wildman–Crippen LogP) is 2.90. The van der Waals surface area contributed by atoms with Crippen LogP contribution in [0.2, 0.25) is 0 Å². The molecule has 0 atom stereocenters. The van der Waals surface area contributed by atoms with Gasteiger partial charge in [-0.05, 0) is 29.7 Å². The Hall–Kier alpha value is -2.90. The van der Waals surface area contributed by atoms with Gasteiger partial charge in [-0.1, -0.05) is 42.5 Å². The van der Waals surface area contributed by atoms with E-state index in [1.807, 2.05) is 42.5 Å². The summed E-state index contributed by atoms with van der Waals surface area (Å²) in [5.74, 6) is 0.406. The Morgan fingerprint density at radius 2 is 1.71 bits per heavy atom. The van der Waals surface area contributed by atoms with Crippen LogP contribution in [0.25, 0.3) is 10.8 Å². The Bertz CT molecular complexity index is 1090. The molecule has 0 aliphatic carbocycles. The molecule has 7 heteroatoms. The summed E-state index contributed by atoms with van der Waals surface area (Å²) < 4.78 is 31.3. The molecule has 0 heterocycles. The van der Waals surface area contributed by atoms with E-state index < -0.39 is 10.0 Å². The Morgan fingerprint density at radius 3 is 2.50 bits per heavy atom. The number of hydrogen-bond donors (Lipinski definition) is 1. The number of hydrogen-bond acceptors (Lipinski definition) is 4. The maximum absolute atomic E-state index is 12.3. The zero-order valence-electron chi connectivity index (χ0n) is 15.8. The topological polar surface area (TPSA) is 75.7 Å². The van der Waals surface area contributed by atoms with Gasteiger partial charge < -0.3 is 10.1 Å². The van der Waals surface area contributed by atoms with Crippen LogP contribution in [0.5, 0.6) is 5.75 Å². The van der Waals surface area contributed by atoms with Crippen LogP contribution < -0.4 is 10.1 Å². The van der Waals surface area contributed by atoms with Gasteiger partial charge in [-0.15, -0.1) is 0 Å². The molecule has 3 aromatic carbocycles. The Morgan fingerprint density at radius 1 is 1.00 bits per heavy atom. The zero-order valence-corrected chi connectivity index (χ0v) is 16.6. The molecule has 0 unspecified atom stereocenters. The molecule has 0 aromatic heterocycles. The smallest absolute Gasteiger partial charge is 0.251 e. The molecule has 0 aliphatic rings. The largest absolute Gasteiger partial charge is 0.491 e. The van der Waals surface area contributed by atoms with Crippen molar-refractivity contribution in [1.82, 2.24) is 9.62 Å². The Balaban J connectivity index is 1.60. The standard InChI is InChI=1S/C21H22N2O4S/c1-23(2)28(25,26)18-10-5-9-17(15-18)21(24)22-13-14-27-20-12-6-8-16-7-3-4-11-19(16)20/h3-12,15H,13-14H2,1-2H3,(H,22,24). The molecule has 1 N–H and O–H groups in total. The van der Waals surface area contributed by atoms with Crippen molar-refractivity contribution < 1.29 is 17.9 Å². The molecule has 0 aliphatic heterocycles. The van der Waals surface area contributed by atoms with Gasteiger partial charge in [0.25, 0.3) is 5.91 Å². The lowest BCUT2D eigenvalue weighted by Crippen LogP contribution is -2.28. The Kier molecular flexibility index (Phi) is 5.96. The normalized spacial score (nSPS) is 11.5. The first-order valence-corrected chi connectivity index (χ1v) is 10.2. The average Bonchev–Trinajstić information content (AvgIpc) is 2.71. The number of carbonyl (C=O) groups is 1. The van der Waals surface area contributed by atoms with Crippen molar-refractivity contribution in [2.75, 3.05) is 27.2 Å². The fourth-order valence-electron chi connectivity index (χ4n) is 2.76. The second-order valence-electron chi connectivity index (χ2n) is 6.40. The van der Waals surface area contributed by atoms with Crippen LogP contribution in [-0.2, 0) is 10.0 Å². The number of nitrogens with one attached hydrogen (secondary N) is 1. The van der Waals surface area contributed by atoms with E-state index in [9.17, 15) is 13.2 Å². The lowest BCUT2D eigenvalue weighted by molar-refractivity contribution is 0.0947. The molecule has 0 saturated heterocycles. The lowest BCUT2D eigenvalue weighted by atomic mass is 10.1. The van der Waals surface area contributed by atoms with E-state index in [0.29, 0.717) is 13.2 Å². The van der Waals surface area contributed by atoms with Gasteiger partial charge >= 0.3 is 0 Å². The van der Waals surface area contributed by atoms with Gasteiger partial charge in [-0.3, -0.25) is 4.79 Å². The second kappa shape index (κ2) is 8.41. The van der Waals surface area contributed by atoms with Crippen LogP contribution in [-0.4, -0.2) is 45.9 Å². The minimum atomic E-state index is -3.59. The minimum absolute atomic E-state index is 0.0807. The van der Waals surface area contributed by atoms with Gasteiger partial charge in [0.2, 0.25) is 10.0 Å². The number of nitrogens with zero attached hydrogens (tertiary/aromatic N) is 1. The van der Waals surface area contributed by atoms with Crippen LogP contribution in [0.3, 0.4) is 0 Å². The molecule has 3 aromatic rings. The maximum atomic E-state index is 12.3. The van der Waals surface area contributed by atoms with Crippen molar-refractivity contribution in [3.05, 3.63) is 72.3 Å². The van der Waals surface area contributed by atoms with Gasteiger partial charge in [0.1, 0.15) is 12.4 Å². The highest BCUT2D eigenvalue weighted by atomic mass is 32.2. The van der Waals surface area contributed by atoms with Gasteiger partial charge in [0, 0.05) is 25.0 Å². The first-order chi connectivity index (χ1) is 13.4. The summed E-state index contributed by atoms with van der Waals surface area (Å²) in [5, 5.41) is 4.85. The number of rotatable bonds is 7. The van der Waals surface area contributed by atoms with Crippen LogP contribution in [0.15, 0.2) is 71.6 Å². The van der Waals surface area contributed by atoms with E-state index in [4.69, 9.17) is 4.74 Å². The summed E-state index contributed by atoms with van der Waals surface area (Å²) in [5.41, 5.74) is 0.285. The molecule has 28 heavy (non-hydrogen) atoms. The number of carbonyl (C=O) groups excluding carboxylic acids is 1. The summed E-state index contributed by atoms with van der Waals surface area (Å²) in [6.07, 6.45) is 0. The minimum Gasteiger partial charge on any atom is -0.491 e. The average molecular weight is 398 g/mol. The highest BCUT2D eigenvalue weighted by Gasteiger charge is 2.18. The monoisotopic (exact) mass is 398 g/mol. The van der Waals surface area contributed by atoms with Gasteiger partial charge in [-0.2, -0.15) is 0 Å². The molecule has 0 radical (unpaired) electrons. The highest BCUT2D eigenvalue weighted by molar-refractivity contribution is 7.89. The molecule has 1 amide bonds. The number of amides is 1. The first kappa shape index (κ1) is 19.9. The predicted molar refractivity (Wildman–Crippen MR) is 109 cm³/mol. The molecule has 3 rings (SSSR count). The SMILES string of the molecule is CN(C)S(=O)(=O)c1cccc(C(=O)NCCOc2cccc3ccccc23)c1. The third-order valence-electron chi connectivity index (χ3n) is 4.27. The van der Waals surface area contributed by atoms with E-state index in [0.717, 1.165) is 20.8 Å². The molecular weight excluding hydrogens is 376 g/mol. The third-order valence-corrected chi connectivity index (χ3v) is 6.08. The molecule has 0 saturated carbocycles. The third kappa shape index (κ3) is 4.32. The van der Waals surface area contributed by atoms with Crippen LogP contribution in [0, 0.1) is 0 Å². The summed E-state index contributed by atoms with van der Waals surface area (Å²) >= 11 is 0. The van der Waals surface area contributed by atoms with Crippen molar-refractivity contribution in [2.45, 2.75) is 4.90 Å². The highest BCUT2D eigenvalue weighted by Crippen LogP contribution is 2.24. The number of sulfonamides is 1. The summed E-state index contributed by atoms with van der Waals surface area (Å²) in [6.45, 7) is 0.599. The lowest BCUT2D eigenvalue weighted by Gasteiger charge is -2.13. The molecular formula is C21H22N2O4S. The summed E-state index contributed by atoms with van der Waals surface area (Å²) in [7, 11) is -0.684. The fraction of sp³-hybridized carbons (Fsp3) is 0.190. The first-order valence-electron chi connectivity index (χ1n) is 8.81. The van der Waals surface area contributed by atoms with Crippen molar-refractivity contribution in [3.8, 4) is 5.75 Å². The molecule has 0 spiro atoms. The molecule has 6 nitrogen and oxygen atoms in total. The molecule has 146 valence electrons. The Labute approximate surface area is 164 Å². The van der Waals surface area contributed by atoms with E-state index in [-0.39, 0.29) is 16.4 Å². The van der Waals surface area contributed by atoms with Crippen molar-refractivity contribution in [1.29, 1.82) is 0 Å². The van der Waals surface area contributed by atoms with Crippen molar-refractivity contribution in [2.24, 2.45) is 0 Å².